The van der Waals surface area contributed by atoms with Gasteiger partial charge < -0.3 is 0 Å². The lowest BCUT2D eigenvalue weighted by Gasteiger charge is -2.04. The Balaban J connectivity index is 1.60. The van der Waals surface area contributed by atoms with E-state index in [4.69, 9.17) is 11.6 Å². The fraction of sp³-hybridized carbons (Fsp3) is 0.214. The summed E-state index contributed by atoms with van der Waals surface area (Å²) in [5.74, 6) is 0.525. The van der Waals surface area contributed by atoms with Crippen molar-refractivity contribution in [3.05, 3.63) is 50.5 Å². The summed E-state index contributed by atoms with van der Waals surface area (Å²) in [7, 11) is 0. The lowest BCUT2D eigenvalue weighted by atomic mass is 10.4. The van der Waals surface area contributed by atoms with Crippen LogP contribution in [-0.2, 0) is 10.5 Å². The van der Waals surface area contributed by atoms with Gasteiger partial charge in [0.25, 0.3) is 5.56 Å². The predicted molar refractivity (Wildman–Crippen MR) is 95.9 cm³/mol. The Morgan fingerprint density at radius 2 is 2.25 bits per heavy atom. The highest BCUT2D eigenvalue weighted by atomic mass is 35.5. The van der Waals surface area contributed by atoms with E-state index in [2.05, 4.69) is 20.5 Å². The predicted octanol–water partition coefficient (Wildman–Crippen LogP) is 2.38. The molecule has 3 aromatic rings. The second-order valence-electron chi connectivity index (χ2n) is 4.83. The van der Waals surface area contributed by atoms with E-state index in [0.717, 1.165) is 5.01 Å². The Morgan fingerprint density at radius 1 is 1.42 bits per heavy atom. The normalized spacial score (nSPS) is 10.9. The summed E-state index contributed by atoms with van der Waals surface area (Å²) in [6.45, 7) is 1.82. The maximum Gasteiger partial charge on any atom is 0.258 e. The maximum absolute atomic E-state index is 12.1. The van der Waals surface area contributed by atoms with Crippen LogP contribution in [0.15, 0.2) is 29.2 Å². The number of carbonyl (C=O) groups is 1. The minimum Gasteiger partial charge on any atom is -0.300 e. The number of amides is 1. The third kappa shape index (κ3) is 4.11. The van der Waals surface area contributed by atoms with E-state index in [-0.39, 0.29) is 17.2 Å². The molecule has 0 atom stereocenters. The summed E-state index contributed by atoms with van der Waals surface area (Å²) in [5.41, 5.74) is 0.940. The van der Waals surface area contributed by atoms with Gasteiger partial charge in [0.2, 0.25) is 11.0 Å². The minimum atomic E-state index is -0.202. The van der Waals surface area contributed by atoms with Gasteiger partial charge >= 0.3 is 0 Å². The van der Waals surface area contributed by atoms with Gasteiger partial charge in [0.05, 0.1) is 16.5 Å². The minimum absolute atomic E-state index is 0.166. The summed E-state index contributed by atoms with van der Waals surface area (Å²) in [4.78, 5) is 28.3. The van der Waals surface area contributed by atoms with Crippen LogP contribution >= 0.6 is 34.7 Å². The molecule has 0 saturated carbocycles. The smallest absolute Gasteiger partial charge is 0.258 e. The van der Waals surface area contributed by atoms with E-state index >= 15 is 0 Å². The van der Waals surface area contributed by atoms with Crippen molar-refractivity contribution < 1.29 is 4.79 Å². The molecule has 0 aliphatic heterocycles. The molecule has 1 N–H and O–H groups in total. The average molecular weight is 382 g/mol. The molecule has 1 amide bonds. The number of rotatable bonds is 5. The summed E-state index contributed by atoms with van der Waals surface area (Å²) in [5, 5.41) is 12.1. The van der Waals surface area contributed by atoms with E-state index in [1.807, 2.05) is 6.92 Å². The molecule has 7 nitrogen and oxygen atoms in total. The number of fused-ring (bicyclic) bond motifs is 1. The number of nitrogens with one attached hydrogen (secondary N) is 1. The van der Waals surface area contributed by atoms with Crippen LogP contribution in [0.4, 0.5) is 5.13 Å². The Bertz CT molecular complexity index is 956. The standard InChI is InChI=1S/C14H12ClN5O2S2/c1-8-18-19-14(24-8)17-12(21)7-23-6-10-4-13(22)20-5-9(15)2-3-11(20)16-10/h2-5H,6-7H2,1H3,(H,17,19,21). The molecule has 10 heteroatoms. The number of anilines is 1. The highest BCUT2D eigenvalue weighted by Gasteiger charge is 2.08. The lowest BCUT2D eigenvalue weighted by molar-refractivity contribution is -0.113. The molecular weight excluding hydrogens is 370 g/mol. The first-order chi connectivity index (χ1) is 11.5. The van der Waals surface area contributed by atoms with Crippen LogP contribution < -0.4 is 10.9 Å². The zero-order chi connectivity index (χ0) is 17.1. The van der Waals surface area contributed by atoms with Crippen LogP contribution in [0, 0.1) is 6.92 Å². The van der Waals surface area contributed by atoms with Gasteiger partial charge in [-0.1, -0.05) is 22.9 Å². The lowest BCUT2D eigenvalue weighted by Crippen LogP contribution is -2.16. The van der Waals surface area contributed by atoms with Gasteiger partial charge in [-0.25, -0.2) is 4.98 Å². The van der Waals surface area contributed by atoms with Gasteiger partial charge in [0.15, 0.2) is 0 Å². The van der Waals surface area contributed by atoms with Gasteiger partial charge in [0.1, 0.15) is 10.7 Å². The van der Waals surface area contributed by atoms with Crippen LogP contribution in [0.25, 0.3) is 5.65 Å². The zero-order valence-electron chi connectivity index (χ0n) is 12.5. The third-order valence-corrected chi connectivity index (χ3v) is 4.88. The van der Waals surface area contributed by atoms with E-state index in [1.54, 1.807) is 12.1 Å². The van der Waals surface area contributed by atoms with Crippen molar-refractivity contribution in [2.45, 2.75) is 12.7 Å². The third-order valence-electron chi connectivity index (χ3n) is 2.93. The Labute approximate surface area is 150 Å². The van der Waals surface area contributed by atoms with Gasteiger partial charge in [0, 0.05) is 18.0 Å². The quantitative estimate of drug-likeness (QED) is 0.729. The molecule has 0 aromatic carbocycles. The molecule has 3 aromatic heterocycles. The summed E-state index contributed by atoms with van der Waals surface area (Å²) >= 11 is 8.56. The van der Waals surface area contributed by atoms with Crippen molar-refractivity contribution >= 4 is 51.4 Å². The first-order valence-electron chi connectivity index (χ1n) is 6.87. The highest BCUT2D eigenvalue weighted by Crippen LogP contribution is 2.15. The SMILES string of the molecule is Cc1nnc(NC(=O)CSCc2cc(=O)n3cc(Cl)ccc3n2)s1. The van der Waals surface area contributed by atoms with Gasteiger partial charge in [-0.3, -0.25) is 19.3 Å². The number of nitrogens with zero attached hydrogens (tertiary/aromatic N) is 4. The van der Waals surface area contributed by atoms with Crippen molar-refractivity contribution in [2.75, 3.05) is 11.1 Å². The van der Waals surface area contributed by atoms with Crippen LogP contribution in [0.5, 0.6) is 0 Å². The van der Waals surface area contributed by atoms with Crippen molar-refractivity contribution in [1.29, 1.82) is 0 Å². The topological polar surface area (TPSA) is 89.2 Å². The molecule has 24 heavy (non-hydrogen) atoms. The first-order valence-corrected chi connectivity index (χ1v) is 9.22. The van der Waals surface area contributed by atoms with E-state index in [9.17, 15) is 9.59 Å². The molecule has 0 spiro atoms. The van der Waals surface area contributed by atoms with Gasteiger partial charge in [-0.2, -0.15) is 0 Å². The fourth-order valence-electron chi connectivity index (χ4n) is 1.95. The molecule has 0 unspecified atom stereocenters. The van der Waals surface area contributed by atoms with E-state index in [1.165, 1.54) is 39.8 Å². The average Bonchev–Trinajstić information content (AvgIpc) is 2.93. The van der Waals surface area contributed by atoms with Crippen molar-refractivity contribution in [3.63, 3.8) is 0 Å². The number of hydrogen-bond acceptors (Lipinski definition) is 7. The number of carbonyl (C=O) groups excluding carboxylic acids is 1. The molecule has 3 rings (SSSR count). The number of hydrogen-bond donors (Lipinski definition) is 1. The van der Waals surface area contributed by atoms with E-state index in [0.29, 0.717) is 27.2 Å². The van der Waals surface area contributed by atoms with Crippen LogP contribution in [0.1, 0.15) is 10.7 Å². The van der Waals surface area contributed by atoms with Crippen LogP contribution in [0.2, 0.25) is 5.02 Å². The molecule has 0 radical (unpaired) electrons. The molecule has 0 aliphatic rings. The molecule has 3 heterocycles. The zero-order valence-corrected chi connectivity index (χ0v) is 14.9. The summed E-state index contributed by atoms with van der Waals surface area (Å²) in [6.07, 6.45) is 1.53. The monoisotopic (exact) mass is 381 g/mol. The fourth-order valence-corrected chi connectivity index (χ4v) is 3.44. The molecule has 0 fully saturated rings. The highest BCUT2D eigenvalue weighted by molar-refractivity contribution is 7.99. The largest absolute Gasteiger partial charge is 0.300 e. The first kappa shape index (κ1) is 16.9. The summed E-state index contributed by atoms with van der Waals surface area (Å²) in [6, 6.07) is 4.81. The number of aryl methyl sites for hydroxylation is 1. The Morgan fingerprint density at radius 3 is 3.00 bits per heavy atom. The van der Waals surface area contributed by atoms with Gasteiger partial charge in [-0.05, 0) is 19.1 Å². The summed E-state index contributed by atoms with van der Waals surface area (Å²) < 4.78 is 1.39. The van der Waals surface area contributed by atoms with Gasteiger partial charge in [-0.15, -0.1) is 22.0 Å². The molecule has 0 saturated heterocycles. The molecule has 0 bridgehead atoms. The second-order valence-corrected chi connectivity index (χ2v) is 7.43. The van der Waals surface area contributed by atoms with Crippen molar-refractivity contribution in [2.24, 2.45) is 0 Å². The van der Waals surface area contributed by atoms with E-state index < -0.39 is 0 Å². The molecule has 124 valence electrons. The van der Waals surface area contributed by atoms with Crippen molar-refractivity contribution in [3.8, 4) is 0 Å². The number of pyridine rings is 1. The number of aromatic nitrogens is 4. The Kier molecular flexibility index (Phi) is 5.12. The van der Waals surface area contributed by atoms with Crippen LogP contribution in [0.3, 0.4) is 0 Å². The van der Waals surface area contributed by atoms with Crippen LogP contribution in [-0.4, -0.2) is 31.2 Å². The second kappa shape index (κ2) is 7.29. The number of halogens is 1. The Hall–Kier alpha value is -1.97. The molecule has 0 aliphatic carbocycles. The number of thioether (sulfide) groups is 1. The molecular formula is C14H12ClN5O2S2. The maximum atomic E-state index is 12.1. The van der Waals surface area contributed by atoms with Crippen molar-refractivity contribution in [1.82, 2.24) is 19.6 Å².